The zero-order valence-corrected chi connectivity index (χ0v) is 14.0. The van der Waals surface area contributed by atoms with E-state index in [1.807, 2.05) is 11.9 Å². The van der Waals surface area contributed by atoms with E-state index in [9.17, 15) is 18.3 Å². The van der Waals surface area contributed by atoms with Crippen LogP contribution in [0.3, 0.4) is 0 Å². The Morgan fingerprint density at radius 1 is 1.36 bits per heavy atom. The van der Waals surface area contributed by atoms with Gasteiger partial charge in [0.05, 0.1) is 17.4 Å². The van der Waals surface area contributed by atoms with Gasteiger partial charge in [-0.05, 0) is 32.2 Å². The number of rotatable bonds is 4. The second-order valence-electron chi connectivity index (χ2n) is 6.31. The summed E-state index contributed by atoms with van der Waals surface area (Å²) in [5.41, 5.74) is 0.197. The molecular formula is C17H20F3N3O2. The first kappa shape index (κ1) is 17.9. The summed E-state index contributed by atoms with van der Waals surface area (Å²) in [6, 6.07) is 4.89. The molecule has 1 aliphatic rings. The van der Waals surface area contributed by atoms with E-state index in [0.29, 0.717) is 31.1 Å². The van der Waals surface area contributed by atoms with Crippen LogP contribution >= 0.6 is 0 Å². The van der Waals surface area contributed by atoms with Gasteiger partial charge in [0.15, 0.2) is 0 Å². The van der Waals surface area contributed by atoms with Gasteiger partial charge in [-0.25, -0.2) is 4.98 Å². The van der Waals surface area contributed by atoms with Crippen LogP contribution in [0.1, 0.15) is 17.0 Å². The molecule has 2 aromatic rings. The van der Waals surface area contributed by atoms with Gasteiger partial charge in [-0.2, -0.15) is 13.2 Å². The van der Waals surface area contributed by atoms with Crippen molar-refractivity contribution in [2.75, 3.05) is 20.1 Å². The summed E-state index contributed by atoms with van der Waals surface area (Å²) in [5.74, 6) is 0.719. The number of benzene rings is 1. The lowest BCUT2D eigenvalue weighted by Gasteiger charge is -2.25. The summed E-state index contributed by atoms with van der Waals surface area (Å²) in [4.78, 5) is 6.33. The van der Waals surface area contributed by atoms with E-state index in [1.54, 1.807) is 13.0 Å². The molecule has 5 nitrogen and oxygen atoms in total. The van der Waals surface area contributed by atoms with E-state index < -0.39 is 17.8 Å². The molecule has 1 aromatic heterocycles. The van der Waals surface area contributed by atoms with Crippen LogP contribution in [0, 0.1) is 6.92 Å². The maximum atomic E-state index is 12.9. The fourth-order valence-corrected chi connectivity index (χ4v) is 2.98. The van der Waals surface area contributed by atoms with Crippen LogP contribution in [0.25, 0.3) is 11.5 Å². The van der Waals surface area contributed by atoms with E-state index in [2.05, 4.69) is 10.3 Å². The molecule has 0 aliphatic carbocycles. The number of alkyl halides is 3. The van der Waals surface area contributed by atoms with E-state index in [0.717, 1.165) is 12.1 Å². The van der Waals surface area contributed by atoms with Gasteiger partial charge in [-0.3, -0.25) is 4.90 Å². The number of aromatic nitrogens is 1. The van der Waals surface area contributed by atoms with Crippen molar-refractivity contribution in [3.8, 4) is 11.5 Å². The molecule has 1 fully saturated rings. The van der Waals surface area contributed by atoms with Crippen molar-refractivity contribution >= 4 is 0 Å². The lowest BCUT2D eigenvalue weighted by molar-refractivity contribution is -0.137. The van der Waals surface area contributed by atoms with Crippen molar-refractivity contribution in [3.63, 3.8) is 0 Å². The minimum atomic E-state index is -4.41. The molecule has 2 heterocycles. The normalized spacial score (nSPS) is 21.2. The first-order valence-corrected chi connectivity index (χ1v) is 7.98. The Balaban J connectivity index is 1.81. The van der Waals surface area contributed by atoms with Crippen molar-refractivity contribution in [1.82, 2.24) is 15.2 Å². The summed E-state index contributed by atoms with van der Waals surface area (Å²) in [6.07, 6.45) is -4.87. The highest BCUT2D eigenvalue weighted by Gasteiger charge is 2.31. The minimum Gasteiger partial charge on any atom is -0.441 e. The lowest BCUT2D eigenvalue weighted by Crippen LogP contribution is -2.40. The second-order valence-corrected chi connectivity index (χ2v) is 6.31. The van der Waals surface area contributed by atoms with E-state index >= 15 is 0 Å². The monoisotopic (exact) mass is 355 g/mol. The molecular weight excluding hydrogens is 335 g/mol. The Kier molecular flexibility index (Phi) is 4.86. The smallest absolute Gasteiger partial charge is 0.416 e. The fraction of sp³-hybridized carbons (Fsp3) is 0.471. The number of oxazole rings is 1. The van der Waals surface area contributed by atoms with Gasteiger partial charge in [-0.15, -0.1) is 0 Å². The Morgan fingerprint density at radius 2 is 2.12 bits per heavy atom. The molecule has 8 heteroatoms. The number of hydrogen-bond acceptors (Lipinski definition) is 5. The molecule has 0 saturated carbocycles. The van der Waals surface area contributed by atoms with Gasteiger partial charge in [-0.1, -0.05) is 6.07 Å². The molecule has 1 aliphatic heterocycles. The molecule has 136 valence electrons. The van der Waals surface area contributed by atoms with Crippen LogP contribution in [0.15, 0.2) is 28.7 Å². The number of aliphatic hydroxyl groups excluding tert-OH is 1. The first-order valence-electron chi connectivity index (χ1n) is 7.98. The molecule has 0 unspecified atom stereocenters. The predicted molar refractivity (Wildman–Crippen MR) is 85.8 cm³/mol. The number of halogens is 3. The van der Waals surface area contributed by atoms with Crippen molar-refractivity contribution < 1.29 is 22.7 Å². The standard InChI is InChI=1S/C17H20F3N3O2/c1-10-13(9-23(2)14-7-21-8-15(14)24)22-16(25-10)11-4-3-5-12(6-11)17(18,19)20/h3-6,14-15,21,24H,7-9H2,1-2H3/t14-,15-/m1/s1. The number of nitrogens with zero attached hydrogens (tertiary/aromatic N) is 2. The van der Waals surface area contributed by atoms with Gasteiger partial charge >= 0.3 is 6.18 Å². The molecule has 0 bridgehead atoms. The molecule has 3 rings (SSSR count). The zero-order chi connectivity index (χ0) is 18.2. The highest BCUT2D eigenvalue weighted by Crippen LogP contribution is 2.32. The van der Waals surface area contributed by atoms with Crippen LogP contribution in [0.4, 0.5) is 13.2 Å². The Hall–Kier alpha value is -1.90. The SMILES string of the molecule is Cc1oc(-c2cccc(C(F)(F)F)c2)nc1CN(C)[C@@H]1CNC[C@H]1O. The van der Waals surface area contributed by atoms with Gasteiger partial charge in [0.25, 0.3) is 0 Å². The summed E-state index contributed by atoms with van der Waals surface area (Å²) in [7, 11) is 1.87. The van der Waals surface area contributed by atoms with Crippen molar-refractivity contribution in [1.29, 1.82) is 0 Å². The third-order valence-corrected chi connectivity index (χ3v) is 4.45. The largest absolute Gasteiger partial charge is 0.441 e. The topological polar surface area (TPSA) is 61.5 Å². The Morgan fingerprint density at radius 3 is 2.76 bits per heavy atom. The number of nitrogens with one attached hydrogen (secondary N) is 1. The van der Waals surface area contributed by atoms with Crippen LogP contribution < -0.4 is 5.32 Å². The van der Waals surface area contributed by atoms with Crippen LogP contribution in [-0.2, 0) is 12.7 Å². The van der Waals surface area contributed by atoms with Crippen LogP contribution in [-0.4, -0.2) is 47.3 Å². The zero-order valence-electron chi connectivity index (χ0n) is 14.0. The molecule has 2 N–H and O–H groups in total. The average molecular weight is 355 g/mol. The predicted octanol–water partition coefficient (Wildman–Crippen LogP) is 2.43. The lowest BCUT2D eigenvalue weighted by atomic mass is 10.1. The Bertz CT molecular complexity index is 745. The maximum Gasteiger partial charge on any atom is 0.416 e. The van der Waals surface area contributed by atoms with Crippen molar-refractivity contribution in [3.05, 3.63) is 41.3 Å². The van der Waals surface area contributed by atoms with Gasteiger partial charge in [0, 0.05) is 31.2 Å². The maximum absolute atomic E-state index is 12.9. The summed E-state index contributed by atoms with van der Waals surface area (Å²) in [5, 5.41) is 13.1. The minimum absolute atomic E-state index is 0.0342. The molecule has 0 amide bonds. The number of likely N-dealkylation sites (N-methyl/N-ethyl adjacent to an activating group) is 1. The van der Waals surface area contributed by atoms with E-state index in [-0.39, 0.29) is 17.5 Å². The Labute approximate surface area is 143 Å². The van der Waals surface area contributed by atoms with Gasteiger partial charge in [0.1, 0.15) is 5.76 Å². The van der Waals surface area contributed by atoms with Crippen LogP contribution in [0.5, 0.6) is 0 Å². The summed E-state index contributed by atoms with van der Waals surface area (Å²) >= 11 is 0. The highest BCUT2D eigenvalue weighted by molar-refractivity contribution is 5.55. The number of β-amino-alcohol motifs (C(OH)–C–C–N with tert-alkyl or cyclic N) is 1. The summed E-state index contributed by atoms with van der Waals surface area (Å²) < 4.78 is 44.2. The molecule has 0 radical (unpaired) electrons. The number of hydrogen-bond donors (Lipinski definition) is 2. The average Bonchev–Trinajstić information content (AvgIpc) is 3.13. The second kappa shape index (κ2) is 6.78. The third-order valence-electron chi connectivity index (χ3n) is 4.45. The highest BCUT2D eigenvalue weighted by atomic mass is 19.4. The van der Waals surface area contributed by atoms with Crippen molar-refractivity contribution in [2.45, 2.75) is 31.8 Å². The first-order chi connectivity index (χ1) is 11.8. The van der Waals surface area contributed by atoms with Gasteiger partial charge in [0.2, 0.25) is 5.89 Å². The van der Waals surface area contributed by atoms with Gasteiger partial charge < -0.3 is 14.8 Å². The van der Waals surface area contributed by atoms with E-state index in [1.165, 1.54) is 6.07 Å². The fourth-order valence-electron chi connectivity index (χ4n) is 2.98. The number of aliphatic hydroxyl groups is 1. The van der Waals surface area contributed by atoms with Crippen LogP contribution in [0.2, 0.25) is 0 Å². The molecule has 1 aromatic carbocycles. The third kappa shape index (κ3) is 3.86. The molecule has 1 saturated heterocycles. The summed E-state index contributed by atoms with van der Waals surface area (Å²) in [6.45, 7) is 3.39. The number of aryl methyl sites for hydroxylation is 1. The van der Waals surface area contributed by atoms with E-state index in [4.69, 9.17) is 4.42 Å². The quantitative estimate of drug-likeness (QED) is 0.882. The van der Waals surface area contributed by atoms with Crippen molar-refractivity contribution in [2.24, 2.45) is 0 Å². The molecule has 25 heavy (non-hydrogen) atoms. The molecule has 2 atom stereocenters. The molecule has 0 spiro atoms.